The van der Waals surface area contributed by atoms with Gasteiger partial charge in [-0.25, -0.2) is 5.01 Å². The third-order valence-corrected chi connectivity index (χ3v) is 4.61. The molecule has 0 saturated carbocycles. The lowest BCUT2D eigenvalue weighted by Gasteiger charge is -2.47. The molecule has 1 amide bonds. The first-order valence-electron chi connectivity index (χ1n) is 7.67. The van der Waals surface area contributed by atoms with E-state index < -0.39 is 0 Å². The summed E-state index contributed by atoms with van der Waals surface area (Å²) >= 11 is 0. The second kappa shape index (κ2) is 5.57. The van der Waals surface area contributed by atoms with E-state index in [2.05, 4.69) is 14.9 Å². The second-order valence-corrected chi connectivity index (χ2v) is 5.86. The minimum Gasteiger partial charge on any atom is -0.286 e. The van der Waals surface area contributed by atoms with Gasteiger partial charge in [-0.15, -0.1) is 0 Å². The lowest BCUT2D eigenvalue weighted by atomic mass is 10.1. The van der Waals surface area contributed by atoms with Gasteiger partial charge in [-0.1, -0.05) is 0 Å². The summed E-state index contributed by atoms with van der Waals surface area (Å²) in [6.45, 7) is 4.47. The summed E-state index contributed by atoms with van der Waals surface area (Å²) in [6, 6.07) is 0. The molecule has 3 aliphatic heterocycles. The van der Waals surface area contributed by atoms with Crippen LogP contribution in [0.25, 0.3) is 0 Å². The van der Waals surface area contributed by atoms with Crippen LogP contribution in [0.3, 0.4) is 0 Å². The Labute approximate surface area is 110 Å². The van der Waals surface area contributed by atoms with Crippen molar-refractivity contribution in [2.45, 2.75) is 57.5 Å². The molecule has 1 atom stereocenters. The van der Waals surface area contributed by atoms with Crippen LogP contribution in [-0.2, 0) is 4.79 Å². The van der Waals surface area contributed by atoms with E-state index in [1.54, 1.807) is 0 Å². The molecule has 3 saturated heterocycles. The first kappa shape index (κ1) is 12.4. The van der Waals surface area contributed by atoms with Crippen molar-refractivity contribution in [1.82, 2.24) is 14.9 Å². The topological polar surface area (TPSA) is 26.8 Å². The van der Waals surface area contributed by atoms with Crippen molar-refractivity contribution in [3.8, 4) is 0 Å². The predicted molar refractivity (Wildman–Crippen MR) is 70.7 cm³/mol. The van der Waals surface area contributed by atoms with Gasteiger partial charge in [-0.05, 0) is 58.0 Å². The van der Waals surface area contributed by atoms with E-state index in [9.17, 15) is 4.79 Å². The lowest BCUT2D eigenvalue weighted by molar-refractivity contribution is -0.172. The Balaban J connectivity index is 1.71. The van der Waals surface area contributed by atoms with Gasteiger partial charge in [0.1, 0.15) is 0 Å². The maximum Gasteiger partial charge on any atom is 0.236 e. The maximum atomic E-state index is 12.1. The van der Waals surface area contributed by atoms with E-state index >= 15 is 0 Å². The van der Waals surface area contributed by atoms with E-state index in [0.717, 1.165) is 25.9 Å². The van der Waals surface area contributed by atoms with Crippen LogP contribution < -0.4 is 0 Å². The highest BCUT2D eigenvalue weighted by atomic mass is 16.2. The van der Waals surface area contributed by atoms with Crippen molar-refractivity contribution >= 4 is 5.91 Å². The zero-order valence-corrected chi connectivity index (χ0v) is 11.3. The molecule has 0 aliphatic carbocycles. The van der Waals surface area contributed by atoms with Crippen LogP contribution in [0.4, 0.5) is 0 Å². The lowest BCUT2D eigenvalue weighted by Crippen LogP contribution is -2.59. The van der Waals surface area contributed by atoms with Gasteiger partial charge >= 0.3 is 0 Å². The minimum absolute atomic E-state index is 0.354. The fourth-order valence-corrected chi connectivity index (χ4v) is 3.65. The zero-order chi connectivity index (χ0) is 12.4. The Bertz CT molecular complexity index is 301. The summed E-state index contributed by atoms with van der Waals surface area (Å²) in [6.07, 6.45) is 9.98. The Hall–Kier alpha value is -0.610. The quantitative estimate of drug-likeness (QED) is 0.749. The van der Waals surface area contributed by atoms with Crippen LogP contribution in [0.15, 0.2) is 0 Å². The molecule has 0 radical (unpaired) electrons. The third-order valence-electron chi connectivity index (χ3n) is 4.61. The smallest absolute Gasteiger partial charge is 0.236 e. The van der Waals surface area contributed by atoms with Gasteiger partial charge in [0.25, 0.3) is 0 Å². The van der Waals surface area contributed by atoms with Gasteiger partial charge in [0.05, 0.1) is 6.17 Å². The molecule has 102 valence electrons. The van der Waals surface area contributed by atoms with Crippen molar-refractivity contribution in [3.05, 3.63) is 0 Å². The third kappa shape index (κ3) is 2.41. The molecule has 0 spiro atoms. The number of carbonyl (C=O) groups is 1. The minimum atomic E-state index is 0.354. The highest BCUT2D eigenvalue weighted by Crippen LogP contribution is 2.27. The molecule has 1 unspecified atom stereocenters. The van der Waals surface area contributed by atoms with Crippen LogP contribution in [-0.4, -0.2) is 53.2 Å². The number of hydrazine groups is 1. The molecule has 3 heterocycles. The zero-order valence-electron chi connectivity index (χ0n) is 11.3. The molecule has 0 aromatic heterocycles. The van der Waals surface area contributed by atoms with Crippen molar-refractivity contribution in [2.75, 3.05) is 26.2 Å². The van der Waals surface area contributed by atoms with Crippen molar-refractivity contribution in [2.24, 2.45) is 0 Å². The highest BCUT2D eigenvalue weighted by molar-refractivity contribution is 5.76. The summed E-state index contributed by atoms with van der Waals surface area (Å²) < 4.78 is 0. The number of piperidine rings is 2. The molecule has 18 heavy (non-hydrogen) atoms. The van der Waals surface area contributed by atoms with Crippen LogP contribution in [0.1, 0.15) is 51.4 Å². The van der Waals surface area contributed by atoms with E-state index in [0.29, 0.717) is 12.1 Å². The standard InChI is InChI=1S/C14H25N3O/c18-14-8-2-4-12-17(14)16-11-3-1-7-13(16)15-9-5-6-10-15/h13H,1-12H2. The number of nitrogens with zero attached hydrogens (tertiary/aromatic N) is 3. The van der Waals surface area contributed by atoms with Gasteiger partial charge in [0, 0.05) is 19.5 Å². The van der Waals surface area contributed by atoms with Crippen molar-refractivity contribution in [1.29, 1.82) is 0 Å². The fraction of sp³-hybridized carbons (Fsp3) is 0.929. The molecular formula is C14H25N3O. The number of amides is 1. The summed E-state index contributed by atoms with van der Waals surface area (Å²) in [5.41, 5.74) is 0. The van der Waals surface area contributed by atoms with Gasteiger partial charge in [0.15, 0.2) is 0 Å². The number of likely N-dealkylation sites (tertiary alicyclic amines) is 1. The van der Waals surface area contributed by atoms with E-state index in [-0.39, 0.29) is 0 Å². The average molecular weight is 251 g/mol. The second-order valence-electron chi connectivity index (χ2n) is 5.86. The fourth-order valence-electron chi connectivity index (χ4n) is 3.65. The normalized spacial score (nSPS) is 32.1. The molecule has 4 nitrogen and oxygen atoms in total. The Morgan fingerprint density at radius 1 is 0.833 bits per heavy atom. The number of rotatable bonds is 2. The van der Waals surface area contributed by atoms with Crippen LogP contribution in [0, 0.1) is 0 Å². The maximum absolute atomic E-state index is 12.1. The molecule has 3 rings (SSSR count). The number of carbonyl (C=O) groups excluding carboxylic acids is 1. The van der Waals surface area contributed by atoms with Crippen molar-refractivity contribution in [3.63, 3.8) is 0 Å². The van der Waals surface area contributed by atoms with Crippen molar-refractivity contribution < 1.29 is 4.79 Å². The number of hydrogen-bond acceptors (Lipinski definition) is 3. The summed E-state index contributed by atoms with van der Waals surface area (Å²) in [7, 11) is 0. The molecule has 0 bridgehead atoms. The first-order valence-corrected chi connectivity index (χ1v) is 7.67. The monoisotopic (exact) mass is 251 g/mol. The first-order chi connectivity index (χ1) is 8.86. The summed E-state index contributed by atoms with van der Waals surface area (Å²) in [4.78, 5) is 14.7. The predicted octanol–water partition coefficient (Wildman–Crippen LogP) is 1.82. The van der Waals surface area contributed by atoms with Gasteiger partial charge < -0.3 is 0 Å². The highest BCUT2D eigenvalue weighted by Gasteiger charge is 2.35. The van der Waals surface area contributed by atoms with Gasteiger partial charge in [0.2, 0.25) is 5.91 Å². The molecule has 0 N–H and O–H groups in total. The van der Waals surface area contributed by atoms with E-state index in [4.69, 9.17) is 0 Å². The Morgan fingerprint density at radius 2 is 1.56 bits per heavy atom. The Kier molecular flexibility index (Phi) is 3.85. The molecule has 3 aliphatic rings. The molecular weight excluding hydrogens is 226 g/mol. The van der Waals surface area contributed by atoms with E-state index in [1.165, 1.54) is 51.6 Å². The molecule has 4 heteroatoms. The van der Waals surface area contributed by atoms with Gasteiger partial charge in [-0.3, -0.25) is 14.7 Å². The summed E-state index contributed by atoms with van der Waals surface area (Å²) in [5.74, 6) is 0.354. The van der Waals surface area contributed by atoms with Crippen LogP contribution in [0.2, 0.25) is 0 Å². The average Bonchev–Trinajstić information content (AvgIpc) is 2.93. The summed E-state index contributed by atoms with van der Waals surface area (Å²) in [5, 5.41) is 4.47. The van der Waals surface area contributed by atoms with E-state index in [1.807, 2.05) is 0 Å². The van der Waals surface area contributed by atoms with Gasteiger partial charge in [-0.2, -0.15) is 0 Å². The van der Waals surface area contributed by atoms with Crippen LogP contribution >= 0.6 is 0 Å². The molecule has 0 aromatic carbocycles. The van der Waals surface area contributed by atoms with Crippen LogP contribution in [0.5, 0.6) is 0 Å². The number of hydrogen-bond donors (Lipinski definition) is 0. The largest absolute Gasteiger partial charge is 0.286 e. The molecule has 3 fully saturated rings. The molecule has 0 aromatic rings. The Morgan fingerprint density at radius 3 is 2.33 bits per heavy atom. The SMILES string of the molecule is O=C1CCCCN1N1CCCCC1N1CCCC1.